The zero-order valence-corrected chi connectivity index (χ0v) is 18.7. The molecule has 0 spiro atoms. The second kappa shape index (κ2) is 14.0. The van der Waals surface area contributed by atoms with E-state index in [0.717, 1.165) is 70.3 Å². The van der Waals surface area contributed by atoms with Crippen LogP contribution in [-0.4, -0.2) is 57.4 Å². The largest absolute Gasteiger partial charge is 0.381 e. The molecule has 30 heavy (non-hydrogen) atoms. The van der Waals surface area contributed by atoms with Crippen molar-refractivity contribution >= 4 is 11.9 Å². The summed E-state index contributed by atoms with van der Waals surface area (Å²) in [5.74, 6) is 1.32. The quantitative estimate of drug-likeness (QED) is 0.276. The third kappa shape index (κ3) is 9.13. The summed E-state index contributed by atoms with van der Waals surface area (Å²) in [7, 11) is 0. The van der Waals surface area contributed by atoms with Gasteiger partial charge < -0.3 is 25.4 Å². The van der Waals surface area contributed by atoms with E-state index in [9.17, 15) is 4.79 Å². The smallest absolute Gasteiger partial charge is 0.251 e. The highest BCUT2D eigenvalue weighted by Crippen LogP contribution is 2.12. The number of hydrogen-bond donors (Lipinski definition) is 3. The number of carbonyl (C=O) groups excluding carboxylic acids is 1. The average molecular weight is 419 g/mol. The lowest BCUT2D eigenvalue weighted by Crippen LogP contribution is -2.38. The average Bonchev–Trinajstić information content (AvgIpc) is 3.28. The van der Waals surface area contributed by atoms with Gasteiger partial charge in [0.25, 0.3) is 5.91 Å². The number of amides is 1. The maximum atomic E-state index is 12.2. The predicted octanol–water partition coefficient (Wildman–Crippen LogP) is 2.71. The third-order valence-corrected chi connectivity index (χ3v) is 5.11. The molecule has 2 unspecified atom stereocenters. The first-order valence-electron chi connectivity index (χ1n) is 11.2. The van der Waals surface area contributed by atoms with Gasteiger partial charge in [-0.3, -0.25) is 4.79 Å². The van der Waals surface area contributed by atoms with Crippen LogP contribution in [0.4, 0.5) is 0 Å². The number of nitrogens with one attached hydrogen (secondary N) is 3. The number of hydrogen-bond acceptors (Lipinski definition) is 4. The molecule has 0 saturated carbocycles. The number of carbonyl (C=O) groups is 1. The first-order valence-corrected chi connectivity index (χ1v) is 11.2. The first-order chi connectivity index (χ1) is 14.6. The Hall–Kier alpha value is -2.12. The maximum absolute atomic E-state index is 12.2. The van der Waals surface area contributed by atoms with Gasteiger partial charge in [-0.05, 0) is 50.8 Å². The number of nitrogens with zero attached hydrogens (tertiary/aromatic N) is 1. The lowest BCUT2D eigenvalue weighted by molar-refractivity contribution is 0.0888. The Morgan fingerprint density at radius 2 is 2.07 bits per heavy atom. The van der Waals surface area contributed by atoms with E-state index < -0.39 is 0 Å². The molecule has 0 radical (unpaired) electrons. The molecule has 1 fully saturated rings. The van der Waals surface area contributed by atoms with Crippen LogP contribution >= 0.6 is 0 Å². The fraction of sp³-hybridized carbons (Fsp3) is 0.652. The molecule has 2 atom stereocenters. The molecule has 1 saturated heterocycles. The summed E-state index contributed by atoms with van der Waals surface area (Å²) in [6, 6.07) is 7.81. The molecule has 0 aromatic heterocycles. The van der Waals surface area contributed by atoms with E-state index in [2.05, 4.69) is 34.8 Å². The van der Waals surface area contributed by atoms with Crippen LogP contribution in [0.2, 0.25) is 0 Å². The molecule has 1 aromatic rings. The molecule has 1 aromatic carbocycles. The fourth-order valence-corrected chi connectivity index (χ4v) is 3.03. The molecular formula is C23H38N4O3. The van der Waals surface area contributed by atoms with Crippen molar-refractivity contribution in [3.63, 3.8) is 0 Å². The summed E-state index contributed by atoms with van der Waals surface area (Å²) in [6.45, 7) is 11.5. The van der Waals surface area contributed by atoms with E-state index in [-0.39, 0.29) is 11.9 Å². The Labute approximate surface area is 181 Å². The Bertz CT molecular complexity index is 642. The Morgan fingerprint density at radius 1 is 1.27 bits per heavy atom. The lowest BCUT2D eigenvalue weighted by Gasteiger charge is -2.13. The Balaban J connectivity index is 1.71. The molecule has 1 amide bonds. The van der Waals surface area contributed by atoms with Crippen molar-refractivity contribution in [2.24, 2.45) is 10.9 Å². The van der Waals surface area contributed by atoms with Crippen LogP contribution in [0.15, 0.2) is 29.3 Å². The van der Waals surface area contributed by atoms with Crippen LogP contribution in [0.5, 0.6) is 0 Å². The van der Waals surface area contributed by atoms with E-state index in [4.69, 9.17) is 9.47 Å². The van der Waals surface area contributed by atoms with Gasteiger partial charge in [-0.1, -0.05) is 19.1 Å². The molecule has 1 aliphatic heterocycles. The van der Waals surface area contributed by atoms with Crippen molar-refractivity contribution in [2.45, 2.75) is 52.6 Å². The lowest BCUT2D eigenvalue weighted by atomic mass is 10.1. The molecule has 1 aliphatic rings. The molecule has 7 nitrogen and oxygen atoms in total. The molecular weight excluding hydrogens is 380 g/mol. The second-order valence-corrected chi connectivity index (χ2v) is 7.76. The van der Waals surface area contributed by atoms with Crippen molar-refractivity contribution < 1.29 is 14.3 Å². The summed E-state index contributed by atoms with van der Waals surface area (Å²) < 4.78 is 11.1. The number of guanidine groups is 1. The zero-order chi connectivity index (χ0) is 21.6. The molecule has 7 heteroatoms. The molecule has 1 heterocycles. The van der Waals surface area contributed by atoms with Crippen LogP contribution in [-0.2, 0) is 16.0 Å². The number of aliphatic imine (C=N–C) groups is 1. The van der Waals surface area contributed by atoms with Crippen LogP contribution in [0.1, 0.15) is 56.0 Å². The van der Waals surface area contributed by atoms with E-state index in [1.807, 2.05) is 31.2 Å². The van der Waals surface area contributed by atoms with E-state index in [1.165, 1.54) is 0 Å². The predicted molar refractivity (Wildman–Crippen MR) is 121 cm³/mol. The van der Waals surface area contributed by atoms with Gasteiger partial charge in [-0.25, -0.2) is 4.99 Å². The monoisotopic (exact) mass is 418 g/mol. The molecule has 3 N–H and O–H groups in total. The van der Waals surface area contributed by atoms with Gasteiger partial charge in [0.2, 0.25) is 0 Å². The van der Waals surface area contributed by atoms with E-state index >= 15 is 0 Å². The van der Waals surface area contributed by atoms with Crippen LogP contribution in [0.25, 0.3) is 0 Å². The zero-order valence-electron chi connectivity index (χ0n) is 18.7. The number of benzene rings is 1. The normalized spacial score (nSPS) is 17.6. The minimum atomic E-state index is -0.0305. The topological polar surface area (TPSA) is 84.0 Å². The molecule has 168 valence electrons. The summed E-state index contributed by atoms with van der Waals surface area (Å²) in [5, 5.41) is 9.59. The minimum absolute atomic E-state index is 0.0305. The standard InChI is InChI=1S/C23H38N4O3/c1-4-18(3)27-22(28)21-9-7-19(8-10-21)15-26-23(24-5-2)25-12-6-13-29-16-20-11-14-30-17-20/h7-10,18,20H,4-6,11-17H2,1-3H3,(H,27,28)(H2,24,25,26). The highest BCUT2D eigenvalue weighted by molar-refractivity contribution is 5.94. The first kappa shape index (κ1) is 24.2. The highest BCUT2D eigenvalue weighted by atomic mass is 16.5. The summed E-state index contributed by atoms with van der Waals surface area (Å²) in [6.07, 6.45) is 2.96. The van der Waals surface area contributed by atoms with Crippen molar-refractivity contribution in [3.05, 3.63) is 35.4 Å². The van der Waals surface area contributed by atoms with Crippen molar-refractivity contribution in [1.29, 1.82) is 0 Å². The van der Waals surface area contributed by atoms with E-state index in [0.29, 0.717) is 18.0 Å². The molecule has 2 rings (SSSR count). The summed E-state index contributed by atoms with van der Waals surface area (Å²) in [5.41, 5.74) is 1.74. The van der Waals surface area contributed by atoms with Crippen molar-refractivity contribution in [3.8, 4) is 0 Å². The Kier molecular flexibility index (Phi) is 11.3. The number of rotatable bonds is 12. The van der Waals surface area contributed by atoms with E-state index in [1.54, 1.807) is 0 Å². The fourth-order valence-electron chi connectivity index (χ4n) is 3.03. The molecule has 0 bridgehead atoms. The van der Waals surface area contributed by atoms with Crippen molar-refractivity contribution in [1.82, 2.24) is 16.0 Å². The molecule has 0 aliphatic carbocycles. The summed E-state index contributed by atoms with van der Waals surface area (Å²) in [4.78, 5) is 16.8. The van der Waals surface area contributed by atoms with Gasteiger partial charge in [0, 0.05) is 43.8 Å². The summed E-state index contributed by atoms with van der Waals surface area (Å²) >= 11 is 0. The van der Waals surface area contributed by atoms with Crippen LogP contribution in [0, 0.1) is 5.92 Å². The van der Waals surface area contributed by atoms with Crippen molar-refractivity contribution in [2.75, 3.05) is 39.5 Å². The van der Waals surface area contributed by atoms with Gasteiger partial charge in [0.15, 0.2) is 5.96 Å². The van der Waals surface area contributed by atoms with Gasteiger partial charge in [0.05, 0.1) is 19.8 Å². The van der Waals surface area contributed by atoms with Crippen LogP contribution < -0.4 is 16.0 Å². The highest BCUT2D eigenvalue weighted by Gasteiger charge is 2.15. The SMILES string of the molecule is CCNC(=NCc1ccc(C(=O)NC(C)CC)cc1)NCCCOCC1CCOC1. The van der Waals surface area contributed by atoms with Gasteiger partial charge in [-0.15, -0.1) is 0 Å². The third-order valence-electron chi connectivity index (χ3n) is 5.11. The number of ether oxygens (including phenoxy) is 2. The minimum Gasteiger partial charge on any atom is -0.381 e. The van der Waals surface area contributed by atoms with Gasteiger partial charge >= 0.3 is 0 Å². The van der Waals surface area contributed by atoms with Gasteiger partial charge in [-0.2, -0.15) is 0 Å². The second-order valence-electron chi connectivity index (χ2n) is 7.76. The maximum Gasteiger partial charge on any atom is 0.251 e. The Morgan fingerprint density at radius 3 is 2.73 bits per heavy atom. The van der Waals surface area contributed by atoms with Crippen LogP contribution in [0.3, 0.4) is 0 Å². The van der Waals surface area contributed by atoms with Gasteiger partial charge in [0.1, 0.15) is 0 Å².